The molecule has 3 heterocycles. The number of amides is 2. The molecule has 10 heteroatoms. The molecule has 1 aromatic carbocycles. The first kappa shape index (κ1) is 19.2. The summed E-state index contributed by atoms with van der Waals surface area (Å²) in [5, 5.41) is 13.0. The molecule has 31 heavy (non-hydrogen) atoms. The van der Waals surface area contributed by atoms with Gasteiger partial charge in [0, 0.05) is 35.4 Å². The van der Waals surface area contributed by atoms with Crippen LogP contribution in [-0.4, -0.2) is 32.5 Å². The van der Waals surface area contributed by atoms with E-state index in [-0.39, 0.29) is 24.4 Å². The van der Waals surface area contributed by atoms with E-state index in [4.69, 9.17) is 0 Å². The quantitative estimate of drug-likeness (QED) is 0.416. The Morgan fingerprint density at radius 3 is 2.84 bits per heavy atom. The lowest BCUT2D eigenvalue weighted by molar-refractivity contribution is -0.124. The van der Waals surface area contributed by atoms with Gasteiger partial charge >= 0.3 is 0 Å². The molecule has 0 radical (unpaired) electrons. The van der Waals surface area contributed by atoms with E-state index in [9.17, 15) is 18.4 Å². The Morgan fingerprint density at radius 2 is 2.10 bits per heavy atom. The highest BCUT2D eigenvalue weighted by Crippen LogP contribution is 2.28. The Balaban J connectivity index is 1.50. The fraction of sp³-hybridized carbons (Fsp3) is 0.238. The number of nitrogens with zero attached hydrogens (tertiary/aromatic N) is 3. The molecule has 2 amide bonds. The van der Waals surface area contributed by atoms with Crippen molar-refractivity contribution in [2.24, 2.45) is 0 Å². The van der Waals surface area contributed by atoms with Crippen LogP contribution in [0.4, 0.5) is 20.4 Å². The number of carbonyl (C=O) groups excluding carboxylic acids is 2. The van der Waals surface area contributed by atoms with E-state index in [2.05, 4.69) is 26.0 Å². The maximum Gasteiger partial charge on any atom is 0.254 e. The van der Waals surface area contributed by atoms with Crippen molar-refractivity contribution in [1.82, 2.24) is 19.9 Å². The van der Waals surface area contributed by atoms with Crippen LogP contribution in [0, 0.1) is 11.6 Å². The zero-order chi connectivity index (χ0) is 21.5. The summed E-state index contributed by atoms with van der Waals surface area (Å²) in [7, 11) is 0. The largest absolute Gasteiger partial charge is 0.367 e. The fourth-order valence-electron chi connectivity index (χ4n) is 3.39. The van der Waals surface area contributed by atoms with E-state index in [1.807, 2.05) is 0 Å². The summed E-state index contributed by atoms with van der Waals surface area (Å²) in [4.78, 5) is 27.9. The lowest BCUT2D eigenvalue weighted by Gasteiger charge is -2.12. The Bertz CT molecular complexity index is 1250. The third-order valence-corrected chi connectivity index (χ3v) is 5.15. The van der Waals surface area contributed by atoms with Gasteiger partial charge < -0.3 is 10.6 Å². The van der Waals surface area contributed by atoms with E-state index in [1.54, 1.807) is 22.9 Å². The predicted molar refractivity (Wildman–Crippen MR) is 109 cm³/mol. The zero-order valence-electron chi connectivity index (χ0n) is 16.3. The molecule has 1 saturated carbocycles. The molecule has 2 aromatic heterocycles. The first-order valence-electron chi connectivity index (χ1n) is 9.85. The lowest BCUT2D eigenvalue weighted by atomic mass is 10.1. The van der Waals surface area contributed by atoms with Crippen molar-refractivity contribution in [3.8, 4) is 0 Å². The second-order valence-corrected chi connectivity index (χ2v) is 7.57. The Kier molecular flexibility index (Phi) is 4.61. The summed E-state index contributed by atoms with van der Waals surface area (Å²) in [6.45, 7) is 0.0388. The van der Waals surface area contributed by atoms with Gasteiger partial charge in [0.1, 0.15) is 11.6 Å². The van der Waals surface area contributed by atoms with Crippen LogP contribution in [-0.2, 0) is 16.1 Å². The van der Waals surface area contributed by atoms with Gasteiger partial charge in [-0.2, -0.15) is 9.61 Å². The van der Waals surface area contributed by atoms with E-state index in [0.717, 1.165) is 18.9 Å². The van der Waals surface area contributed by atoms with Crippen LogP contribution >= 0.6 is 0 Å². The highest BCUT2D eigenvalue weighted by Gasteiger charge is 2.25. The molecule has 158 valence electrons. The van der Waals surface area contributed by atoms with E-state index < -0.39 is 17.5 Å². The SMILES string of the molecule is O=C1C/C(=C\c2cnn3c(NC4CC4)cc(NCc4cccc(F)c4F)nc23)C(=O)N1. The molecule has 2 fully saturated rings. The summed E-state index contributed by atoms with van der Waals surface area (Å²) in [6.07, 6.45) is 5.25. The molecule has 0 unspecified atom stereocenters. The number of benzene rings is 1. The summed E-state index contributed by atoms with van der Waals surface area (Å²) >= 11 is 0. The van der Waals surface area contributed by atoms with Crippen molar-refractivity contribution in [2.45, 2.75) is 31.8 Å². The zero-order valence-corrected chi connectivity index (χ0v) is 16.3. The van der Waals surface area contributed by atoms with Crippen LogP contribution in [0.15, 0.2) is 36.0 Å². The minimum Gasteiger partial charge on any atom is -0.367 e. The first-order valence-corrected chi connectivity index (χ1v) is 9.85. The van der Waals surface area contributed by atoms with Gasteiger partial charge in [-0.05, 0) is 25.0 Å². The standard InChI is InChI=1S/C21H18F2N6O2/c22-15-3-1-2-11(19(15)23)9-24-16-8-17(26-14-4-5-14)29-20(27-16)13(10-25-29)6-12-7-18(30)28-21(12)31/h1-3,6,8,10,14,26H,4-5,7,9H2,(H,24,27)(H,28,30,31)/b12-6+. The van der Waals surface area contributed by atoms with Crippen molar-refractivity contribution in [3.05, 3.63) is 58.8 Å². The number of aromatic nitrogens is 3. The van der Waals surface area contributed by atoms with Crippen LogP contribution in [0.2, 0.25) is 0 Å². The summed E-state index contributed by atoms with van der Waals surface area (Å²) in [5.74, 6) is -1.47. The van der Waals surface area contributed by atoms with Crippen LogP contribution < -0.4 is 16.0 Å². The van der Waals surface area contributed by atoms with Gasteiger partial charge in [-0.15, -0.1) is 0 Å². The molecule has 1 saturated heterocycles. The molecule has 1 aliphatic carbocycles. The normalized spacial score (nSPS) is 17.4. The van der Waals surface area contributed by atoms with Crippen molar-refractivity contribution in [1.29, 1.82) is 0 Å². The van der Waals surface area contributed by atoms with Gasteiger partial charge in [0.25, 0.3) is 5.91 Å². The molecule has 2 aliphatic rings. The Hall–Kier alpha value is -3.82. The van der Waals surface area contributed by atoms with E-state index >= 15 is 0 Å². The average Bonchev–Trinajstić information content (AvgIpc) is 3.37. The molecular weight excluding hydrogens is 406 g/mol. The van der Waals surface area contributed by atoms with Crippen molar-refractivity contribution >= 4 is 35.2 Å². The Labute approximate surface area is 175 Å². The number of anilines is 2. The second-order valence-electron chi connectivity index (χ2n) is 7.57. The van der Waals surface area contributed by atoms with Gasteiger partial charge in [0.15, 0.2) is 17.3 Å². The number of hydrogen-bond acceptors (Lipinski definition) is 6. The van der Waals surface area contributed by atoms with Gasteiger partial charge in [-0.1, -0.05) is 12.1 Å². The lowest BCUT2D eigenvalue weighted by Crippen LogP contribution is -2.19. The second kappa shape index (κ2) is 7.46. The maximum absolute atomic E-state index is 14.0. The molecular formula is C21H18F2N6O2. The van der Waals surface area contributed by atoms with Crippen LogP contribution in [0.1, 0.15) is 30.4 Å². The number of imide groups is 1. The molecule has 5 rings (SSSR count). The Morgan fingerprint density at radius 1 is 1.26 bits per heavy atom. The number of carbonyl (C=O) groups is 2. The van der Waals surface area contributed by atoms with Crippen molar-refractivity contribution in [3.63, 3.8) is 0 Å². The fourth-order valence-corrected chi connectivity index (χ4v) is 3.39. The molecule has 0 atom stereocenters. The molecule has 3 aromatic rings. The average molecular weight is 424 g/mol. The van der Waals surface area contributed by atoms with E-state index in [0.29, 0.717) is 34.5 Å². The topological polar surface area (TPSA) is 100 Å². The summed E-state index contributed by atoms with van der Waals surface area (Å²) < 4.78 is 29.1. The third kappa shape index (κ3) is 3.83. The molecule has 1 aliphatic heterocycles. The summed E-state index contributed by atoms with van der Waals surface area (Å²) in [5.41, 5.74) is 1.54. The number of fused-ring (bicyclic) bond motifs is 1. The number of nitrogens with one attached hydrogen (secondary N) is 3. The molecule has 0 bridgehead atoms. The molecule has 0 spiro atoms. The minimum atomic E-state index is -0.909. The van der Waals surface area contributed by atoms with Gasteiger partial charge in [-0.25, -0.2) is 13.8 Å². The van der Waals surface area contributed by atoms with Crippen molar-refractivity contribution in [2.75, 3.05) is 10.6 Å². The highest BCUT2D eigenvalue weighted by molar-refractivity contribution is 6.15. The number of hydrogen-bond donors (Lipinski definition) is 3. The van der Waals surface area contributed by atoms with Crippen LogP contribution in [0.25, 0.3) is 11.7 Å². The first-order chi connectivity index (χ1) is 15.0. The monoisotopic (exact) mass is 424 g/mol. The van der Waals surface area contributed by atoms with Crippen LogP contribution in [0.3, 0.4) is 0 Å². The number of rotatable bonds is 6. The molecule has 3 N–H and O–H groups in total. The maximum atomic E-state index is 14.0. The highest BCUT2D eigenvalue weighted by atomic mass is 19.2. The third-order valence-electron chi connectivity index (χ3n) is 5.15. The summed E-state index contributed by atoms with van der Waals surface area (Å²) in [6, 6.07) is 6.09. The van der Waals surface area contributed by atoms with Gasteiger partial charge in [0.05, 0.1) is 12.6 Å². The predicted octanol–water partition coefficient (Wildman–Crippen LogP) is 2.62. The van der Waals surface area contributed by atoms with Crippen molar-refractivity contribution < 1.29 is 18.4 Å². The van der Waals surface area contributed by atoms with Crippen LogP contribution in [0.5, 0.6) is 0 Å². The molecule has 8 nitrogen and oxygen atoms in total. The van der Waals surface area contributed by atoms with Gasteiger partial charge in [-0.3, -0.25) is 14.9 Å². The minimum absolute atomic E-state index is 0.000142. The van der Waals surface area contributed by atoms with E-state index in [1.165, 1.54) is 12.1 Å². The van der Waals surface area contributed by atoms with Gasteiger partial charge in [0.2, 0.25) is 5.91 Å². The smallest absolute Gasteiger partial charge is 0.254 e. The number of halogens is 2.